The first-order valence-corrected chi connectivity index (χ1v) is 8.09. The molecule has 1 heterocycles. The molecule has 0 saturated heterocycles. The number of benzene rings is 1. The van der Waals surface area contributed by atoms with Crippen molar-refractivity contribution in [1.29, 1.82) is 0 Å². The molecule has 1 aromatic heterocycles. The van der Waals surface area contributed by atoms with E-state index in [1.54, 1.807) is 29.1 Å². The molecule has 118 valence electrons. The lowest BCUT2D eigenvalue weighted by atomic mass is 10.2. The van der Waals surface area contributed by atoms with Gasteiger partial charge < -0.3 is 5.32 Å². The van der Waals surface area contributed by atoms with Gasteiger partial charge in [-0.25, -0.2) is 9.37 Å². The highest BCUT2D eigenvalue weighted by atomic mass is 32.2. The molecule has 2 rings (SSSR count). The third-order valence-corrected chi connectivity index (χ3v) is 4.11. The van der Waals surface area contributed by atoms with Crippen LogP contribution in [0.15, 0.2) is 41.8 Å². The van der Waals surface area contributed by atoms with Crippen LogP contribution in [-0.2, 0) is 4.79 Å². The van der Waals surface area contributed by atoms with Gasteiger partial charge in [0.05, 0.1) is 10.9 Å². The molecule has 0 saturated carbocycles. The molecule has 0 spiro atoms. The van der Waals surface area contributed by atoms with E-state index in [0.29, 0.717) is 23.3 Å². The molecule has 1 atom stereocenters. The maximum atomic E-state index is 13.4. The summed E-state index contributed by atoms with van der Waals surface area (Å²) in [5, 5.41) is 3.30. The number of hydrogen-bond donors (Lipinski definition) is 1. The van der Waals surface area contributed by atoms with Crippen LogP contribution in [0.4, 0.5) is 4.39 Å². The molecule has 4 nitrogen and oxygen atoms in total. The number of rotatable bonds is 6. The highest BCUT2D eigenvalue weighted by molar-refractivity contribution is 8.00. The van der Waals surface area contributed by atoms with Gasteiger partial charge in [-0.3, -0.25) is 9.36 Å². The molecule has 0 bridgehead atoms. The Morgan fingerprint density at radius 1 is 1.41 bits per heavy atom. The summed E-state index contributed by atoms with van der Waals surface area (Å²) in [4.78, 5) is 16.3. The number of imidazole rings is 1. The molecule has 1 amide bonds. The highest BCUT2D eigenvalue weighted by Gasteiger charge is 2.17. The molecular weight excluding hydrogens is 301 g/mol. The summed E-state index contributed by atoms with van der Waals surface area (Å²) in [5.74, 6) is 0.0906. The van der Waals surface area contributed by atoms with Crippen molar-refractivity contribution in [3.63, 3.8) is 0 Å². The fourth-order valence-corrected chi connectivity index (χ4v) is 2.77. The second-order valence-electron chi connectivity index (χ2n) is 5.46. The number of aromatic nitrogens is 2. The zero-order valence-corrected chi connectivity index (χ0v) is 13.7. The van der Waals surface area contributed by atoms with Crippen molar-refractivity contribution in [2.75, 3.05) is 6.54 Å². The number of amides is 1. The largest absolute Gasteiger partial charge is 0.355 e. The topological polar surface area (TPSA) is 46.9 Å². The van der Waals surface area contributed by atoms with Gasteiger partial charge in [-0.2, -0.15) is 0 Å². The summed E-state index contributed by atoms with van der Waals surface area (Å²) >= 11 is 1.35. The second kappa shape index (κ2) is 7.45. The lowest BCUT2D eigenvalue weighted by Crippen LogP contribution is -2.33. The van der Waals surface area contributed by atoms with E-state index >= 15 is 0 Å². The number of thioether (sulfide) groups is 1. The highest BCUT2D eigenvalue weighted by Crippen LogP contribution is 2.24. The SMILES string of the molecule is CC(C)CNC(=O)[C@@H](C)Sc1nccn1-c1cccc(F)c1. The Kier molecular flexibility index (Phi) is 5.60. The predicted octanol–water partition coefficient (Wildman–Crippen LogP) is 3.26. The van der Waals surface area contributed by atoms with E-state index in [0.717, 1.165) is 0 Å². The molecule has 0 aliphatic carbocycles. The van der Waals surface area contributed by atoms with Gasteiger partial charge in [0, 0.05) is 18.9 Å². The number of carbonyl (C=O) groups is 1. The number of carbonyl (C=O) groups excluding carboxylic acids is 1. The van der Waals surface area contributed by atoms with Gasteiger partial charge in [0.1, 0.15) is 5.82 Å². The molecule has 1 aromatic carbocycles. The van der Waals surface area contributed by atoms with E-state index in [2.05, 4.69) is 24.1 Å². The van der Waals surface area contributed by atoms with Crippen molar-refractivity contribution in [2.45, 2.75) is 31.2 Å². The Morgan fingerprint density at radius 3 is 2.86 bits per heavy atom. The molecule has 2 aromatic rings. The molecule has 1 N–H and O–H groups in total. The van der Waals surface area contributed by atoms with Crippen LogP contribution in [0.2, 0.25) is 0 Å². The van der Waals surface area contributed by atoms with Crippen molar-refractivity contribution >= 4 is 17.7 Å². The van der Waals surface area contributed by atoms with E-state index < -0.39 is 0 Å². The van der Waals surface area contributed by atoms with Crippen molar-refractivity contribution in [2.24, 2.45) is 5.92 Å². The zero-order chi connectivity index (χ0) is 16.1. The molecular formula is C16H20FN3OS. The molecule has 0 aliphatic rings. The summed E-state index contributed by atoms with van der Waals surface area (Å²) in [6, 6.07) is 6.29. The van der Waals surface area contributed by atoms with Crippen LogP contribution in [0.3, 0.4) is 0 Å². The number of nitrogens with one attached hydrogen (secondary N) is 1. The lowest BCUT2D eigenvalue weighted by Gasteiger charge is -2.14. The van der Waals surface area contributed by atoms with E-state index in [-0.39, 0.29) is 17.0 Å². The maximum absolute atomic E-state index is 13.4. The first-order chi connectivity index (χ1) is 10.5. The van der Waals surface area contributed by atoms with Gasteiger partial charge in [-0.15, -0.1) is 0 Å². The first kappa shape index (κ1) is 16.5. The minimum absolute atomic E-state index is 0.0208. The minimum Gasteiger partial charge on any atom is -0.355 e. The van der Waals surface area contributed by atoms with Crippen LogP contribution in [0.5, 0.6) is 0 Å². The molecule has 22 heavy (non-hydrogen) atoms. The standard InChI is InChI=1S/C16H20FN3OS/c1-11(2)10-19-15(21)12(3)22-16-18-7-8-20(16)14-6-4-5-13(17)9-14/h4-9,11-12H,10H2,1-3H3,(H,19,21)/t12-/m1/s1. The number of nitrogens with zero attached hydrogens (tertiary/aromatic N) is 2. The van der Waals surface area contributed by atoms with Crippen molar-refractivity contribution in [3.05, 3.63) is 42.5 Å². The fraction of sp³-hybridized carbons (Fsp3) is 0.375. The quantitative estimate of drug-likeness (QED) is 0.831. The molecule has 0 unspecified atom stereocenters. The van der Waals surface area contributed by atoms with Crippen LogP contribution in [0.25, 0.3) is 5.69 Å². The Balaban J connectivity index is 2.08. The van der Waals surface area contributed by atoms with Crippen LogP contribution in [0, 0.1) is 11.7 Å². The summed E-state index contributed by atoms with van der Waals surface area (Å²) in [6.07, 6.45) is 3.40. The van der Waals surface area contributed by atoms with Gasteiger partial charge in [0.25, 0.3) is 0 Å². The zero-order valence-electron chi connectivity index (χ0n) is 12.9. The Hall–Kier alpha value is -1.82. The van der Waals surface area contributed by atoms with Crippen LogP contribution in [0.1, 0.15) is 20.8 Å². The van der Waals surface area contributed by atoms with Gasteiger partial charge >= 0.3 is 0 Å². The lowest BCUT2D eigenvalue weighted by molar-refractivity contribution is -0.120. The minimum atomic E-state index is -0.301. The fourth-order valence-electron chi connectivity index (χ4n) is 1.86. The summed E-state index contributed by atoms with van der Waals surface area (Å²) in [5.41, 5.74) is 0.690. The van der Waals surface area contributed by atoms with Gasteiger partial charge in [0.2, 0.25) is 5.91 Å². The predicted molar refractivity (Wildman–Crippen MR) is 86.7 cm³/mol. The number of hydrogen-bond acceptors (Lipinski definition) is 3. The third kappa shape index (κ3) is 4.34. The molecule has 0 radical (unpaired) electrons. The van der Waals surface area contributed by atoms with Crippen molar-refractivity contribution < 1.29 is 9.18 Å². The van der Waals surface area contributed by atoms with Crippen LogP contribution >= 0.6 is 11.8 Å². The normalized spacial score (nSPS) is 12.4. The van der Waals surface area contributed by atoms with Gasteiger partial charge in [0.15, 0.2) is 5.16 Å². The van der Waals surface area contributed by atoms with Gasteiger partial charge in [-0.1, -0.05) is 31.7 Å². The van der Waals surface area contributed by atoms with E-state index in [1.807, 2.05) is 6.92 Å². The molecule has 0 aliphatic heterocycles. The van der Waals surface area contributed by atoms with Crippen LogP contribution < -0.4 is 5.32 Å². The van der Waals surface area contributed by atoms with Crippen molar-refractivity contribution in [3.8, 4) is 5.69 Å². The van der Waals surface area contributed by atoms with E-state index in [9.17, 15) is 9.18 Å². The summed E-state index contributed by atoms with van der Waals surface area (Å²) in [7, 11) is 0. The van der Waals surface area contributed by atoms with Crippen molar-refractivity contribution in [1.82, 2.24) is 14.9 Å². The Morgan fingerprint density at radius 2 is 2.18 bits per heavy atom. The average Bonchev–Trinajstić information content (AvgIpc) is 2.92. The summed E-state index contributed by atoms with van der Waals surface area (Å²) in [6.45, 7) is 6.59. The third-order valence-electron chi connectivity index (χ3n) is 3.03. The van der Waals surface area contributed by atoms with E-state index in [1.165, 1.54) is 23.9 Å². The summed E-state index contributed by atoms with van der Waals surface area (Å²) < 4.78 is 15.1. The van der Waals surface area contributed by atoms with E-state index in [4.69, 9.17) is 0 Å². The van der Waals surface area contributed by atoms with Gasteiger partial charge in [-0.05, 0) is 31.0 Å². The van der Waals surface area contributed by atoms with Crippen LogP contribution in [-0.4, -0.2) is 27.3 Å². The Bertz CT molecular complexity index is 642. The average molecular weight is 321 g/mol. The second-order valence-corrected chi connectivity index (χ2v) is 6.77. The Labute approximate surface area is 134 Å². The molecule has 6 heteroatoms. The molecule has 0 fully saturated rings. The first-order valence-electron chi connectivity index (χ1n) is 7.21. The maximum Gasteiger partial charge on any atom is 0.233 e. The smallest absolute Gasteiger partial charge is 0.233 e. The monoisotopic (exact) mass is 321 g/mol. The number of halogens is 1.